The summed E-state index contributed by atoms with van der Waals surface area (Å²) in [5, 5.41) is -0.143. The van der Waals surface area contributed by atoms with E-state index in [1.165, 1.54) is 7.05 Å². The third-order valence-corrected chi connectivity index (χ3v) is 4.98. The first-order valence-corrected chi connectivity index (χ1v) is 9.15. The number of hydrogen-bond donors (Lipinski definition) is 0. The molecule has 1 fully saturated rings. The van der Waals surface area contributed by atoms with Crippen LogP contribution < -0.4 is 11.2 Å². The van der Waals surface area contributed by atoms with Gasteiger partial charge in [-0.05, 0) is 25.0 Å². The minimum absolute atomic E-state index is 0.143. The van der Waals surface area contributed by atoms with E-state index in [4.69, 9.17) is 0 Å². The molecule has 1 aliphatic heterocycles. The van der Waals surface area contributed by atoms with E-state index < -0.39 is 29.7 Å². The standard InChI is InChI=1S/C18H21F3N4O3/c1-23-15-12(7-8-13(22-15)18(19,20)21)16(27)25(17(23)28)11-14(26)24-9-5-3-2-4-6-10-24/h7-8H,2-6,9-11H2,1H3. The predicted octanol–water partition coefficient (Wildman–Crippen LogP) is 1.91. The van der Waals surface area contributed by atoms with Crippen LogP contribution in [0.5, 0.6) is 0 Å². The van der Waals surface area contributed by atoms with Gasteiger partial charge in [0.25, 0.3) is 5.56 Å². The van der Waals surface area contributed by atoms with Crippen LogP contribution in [0.15, 0.2) is 21.7 Å². The number of hydrogen-bond acceptors (Lipinski definition) is 4. The van der Waals surface area contributed by atoms with E-state index in [9.17, 15) is 27.6 Å². The second-order valence-electron chi connectivity index (χ2n) is 6.95. The van der Waals surface area contributed by atoms with Crippen LogP contribution in [0.3, 0.4) is 0 Å². The van der Waals surface area contributed by atoms with Gasteiger partial charge in [0.15, 0.2) is 0 Å². The molecule has 0 unspecified atom stereocenters. The van der Waals surface area contributed by atoms with E-state index >= 15 is 0 Å². The van der Waals surface area contributed by atoms with Crippen LogP contribution in [0.25, 0.3) is 11.0 Å². The molecular formula is C18H21F3N4O3. The molecule has 1 amide bonds. The van der Waals surface area contributed by atoms with E-state index in [0.29, 0.717) is 19.2 Å². The van der Waals surface area contributed by atoms with Crippen molar-refractivity contribution in [2.45, 2.75) is 44.8 Å². The van der Waals surface area contributed by atoms with Gasteiger partial charge in [-0.2, -0.15) is 13.2 Å². The zero-order chi connectivity index (χ0) is 20.5. The lowest BCUT2D eigenvalue weighted by atomic mass is 10.1. The van der Waals surface area contributed by atoms with Crippen LogP contribution in [0.2, 0.25) is 0 Å². The Bertz CT molecular complexity index is 1000. The monoisotopic (exact) mass is 398 g/mol. The molecule has 0 radical (unpaired) electrons. The van der Waals surface area contributed by atoms with Gasteiger partial charge in [0.1, 0.15) is 17.9 Å². The smallest absolute Gasteiger partial charge is 0.341 e. The number of rotatable bonds is 2. The van der Waals surface area contributed by atoms with Crippen LogP contribution in [-0.2, 0) is 24.6 Å². The molecular weight excluding hydrogens is 377 g/mol. The van der Waals surface area contributed by atoms with Gasteiger partial charge in [0, 0.05) is 20.1 Å². The molecule has 1 aliphatic rings. The highest BCUT2D eigenvalue weighted by Gasteiger charge is 2.33. The van der Waals surface area contributed by atoms with Crippen LogP contribution in [0.1, 0.15) is 37.8 Å². The fourth-order valence-corrected chi connectivity index (χ4v) is 3.40. The molecule has 0 bridgehead atoms. The number of aryl methyl sites for hydroxylation is 1. The Hall–Kier alpha value is -2.65. The number of amides is 1. The van der Waals surface area contributed by atoms with E-state index in [0.717, 1.165) is 47.3 Å². The minimum atomic E-state index is -4.69. The van der Waals surface area contributed by atoms with E-state index in [1.807, 2.05) is 0 Å². The number of nitrogens with zero attached hydrogens (tertiary/aromatic N) is 4. The molecule has 152 valence electrons. The largest absolute Gasteiger partial charge is 0.433 e. The Balaban J connectivity index is 1.99. The SMILES string of the molecule is Cn1c(=O)n(CC(=O)N2CCCCCCC2)c(=O)c2ccc(C(F)(F)F)nc21. The average Bonchev–Trinajstić information content (AvgIpc) is 2.61. The zero-order valence-electron chi connectivity index (χ0n) is 15.5. The number of likely N-dealkylation sites (tertiary alicyclic amines) is 1. The Kier molecular flexibility index (Phi) is 5.57. The fourth-order valence-electron chi connectivity index (χ4n) is 3.40. The van der Waals surface area contributed by atoms with Crippen molar-refractivity contribution in [3.63, 3.8) is 0 Å². The predicted molar refractivity (Wildman–Crippen MR) is 95.9 cm³/mol. The molecule has 0 aliphatic carbocycles. The van der Waals surface area contributed by atoms with Gasteiger partial charge in [-0.15, -0.1) is 0 Å². The summed E-state index contributed by atoms with van der Waals surface area (Å²) >= 11 is 0. The van der Waals surface area contributed by atoms with Gasteiger partial charge >= 0.3 is 11.9 Å². The Morgan fingerprint density at radius 2 is 1.68 bits per heavy atom. The van der Waals surface area contributed by atoms with Crippen molar-refractivity contribution in [2.24, 2.45) is 7.05 Å². The number of carbonyl (C=O) groups excluding carboxylic acids is 1. The average molecular weight is 398 g/mol. The number of fused-ring (bicyclic) bond motifs is 1. The lowest BCUT2D eigenvalue weighted by Gasteiger charge is -2.25. The second kappa shape index (κ2) is 7.76. The van der Waals surface area contributed by atoms with Crippen molar-refractivity contribution in [1.82, 2.24) is 19.0 Å². The highest BCUT2D eigenvalue weighted by atomic mass is 19.4. The molecule has 2 aromatic rings. The molecule has 0 spiro atoms. The van der Waals surface area contributed by atoms with Crippen molar-refractivity contribution < 1.29 is 18.0 Å². The summed E-state index contributed by atoms with van der Waals surface area (Å²) in [7, 11) is 1.23. The summed E-state index contributed by atoms with van der Waals surface area (Å²) in [4.78, 5) is 42.9. The topological polar surface area (TPSA) is 77.2 Å². The molecule has 0 N–H and O–H groups in total. The van der Waals surface area contributed by atoms with Gasteiger partial charge in [-0.25, -0.2) is 9.78 Å². The number of pyridine rings is 1. The third-order valence-electron chi connectivity index (χ3n) is 4.98. The number of halogens is 3. The zero-order valence-corrected chi connectivity index (χ0v) is 15.5. The second-order valence-corrected chi connectivity index (χ2v) is 6.95. The Morgan fingerprint density at radius 1 is 1.07 bits per heavy atom. The molecule has 0 atom stereocenters. The summed E-state index contributed by atoms with van der Waals surface area (Å²) in [6.07, 6.45) is 0.199. The Labute approximate surface area is 158 Å². The lowest BCUT2D eigenvalue weighted by molar-refractivity contribution is -0.141. The van der Waals surface area contributed by atoms with Crippen molar-refractivity contribution in [1.29, 1.82) is 0 Å². The fraction of sp³-hybridized carbons (Fsp3) is 0.556. The van der Waals surface area contributed by atoms with E-state index in [2.05, 4.69) is 4.98 Å². The van der Waals surface area contributed by atoms with Gasteiger partial charge < -0.3 is 4.90 Å². The van der Waals surface area contributed by atoms with Gasteiger partial charge in [0.2, 0.25) is 5.91 Å². The molecule has 1 saturated heterocycles. The molecule has 7 nitrogen and oxygen atoms in total. The highest BCUT2D eigenvalue weighted by molar-refractivity contribution is 5.77. The van der Waals surface area contributed by atoms with Crippen LogP contribution >= 0.6 is 0 Å². The molecule has 2 aromatic heterocycles. The third kappa shape index (κ3) is 3.95. The van der Waals surface area contributed by atoms with Crippen molar-refractivity contribution in [3.8, 4) is 0 Å². The molecule has 0 saturated carbocycles. The summed E-state index contributed by atoms with van der Waals surface area (Å²) in [6, 6.07) is 1.68. The van der Waals surface area contributed by atoms with Crippen LogP contribution in [0, 0.1) is 0 Å². The molecule has 28 heavy (non-hydrogen) atoms. The minimum Gasteiger partial charge on any atom is -0.341 e. The van der Waals surface area contributed by atoms with Crippen LogP contribution in [0.4, 0.5) is 13.2 Å². The maximum Gasteiger partial charge on any atom is 0.433 e. The molecule has 0 aromatic carbocycles. The van der Waals surface area contributed by atoms with E-state index in [-0.39, 0.29) is 16.9 Å². The summed E-state index contributed by atoms with van der Waals surface area (Å²) < 4.78 is 40.3. The van der Waals surface area contributed by atoms with E-state index in [1.54, 1.807) is 4.90 Å². The first-order chi connectivity index (χ1) is 13.2. The number of aromatic nitrogens is 3. The van der Waals surface area contributed by atoms with Crippen molar-refractivity contribution >= 4 is 16.9 Å². The number of alkyl halides is 3. The summed E-state index contributed by atoms with van der Waals surface area (Å²) in [6.45, 7) is 0.693. The van der Waals surface area contributed by atoms with Gasteiger partial charge in [-0.1, -0.05) is 19.3 Å². The molecule has 3 rings (SSSR count). The lowest BCUT2D eigenvalue weighted by Crippen LogP contribution is -2.45. The quantitative estimate of drug-likeness (QED) is 0.774. The first kappa shape index (κ1) is 20.1. The maximum absolute atomic E-state index is 12.9. The molecule has 10 heteroatoms. The Morgan fingerprint density at radius 3 is 2.29 bits per heavy atom. The van der Waals surface area contributed by atoms with Crippen molar-refractivity contribution in [2.75, 3.05) is 13.1 Å². The van der Waals surface area contributed by atoms with Gasteiger partial charge in [0.05, 0.1) is 5.39 Å². The number of carbonyl (C=O) groups is 1. The first-order valence-electron chi connectivity index (χ1n) is 9.15. The maximum atomic E-state index is 12.9. The van der Waals surface area contributed by atoms with Crippen molar-refractivity contribution in [3.05, 3.63) is 38.7 Å². The summed E-state index contributed by atoms with van der Waals surface area (Å²) in [5.41, 5.74) is -3.24. The summed E-state index contributed by atoms with van der Waals surface area (Å²) in [5.74, 6) is -0.347. The normalized spacial score (nSPS) is 16.1. The molecule has 3 heterocycles. The highest BCUT2D eigenvalue weighted by Crippen LogP contribution is 2.28. The van der Waals surface area contributed by atoms with Gasteiger partial charge in [-0.3, -0.25) is 18.7 Å². The van der Waals surface area contributed by atoms with Crippen LogP contribution in [-0.4, -0.2) is 38.0 Å².